The van der Waals surface area contributed by atoms with Gasteiger partial charge in [0, 0.05) is 18.7 Å². The summed E-state index contributed by atoms with van der Waals surface area (Å²) in [5, 5.41) is 22.4. The lowest BCUT2D eigenvalue weighted by atomic mass is 9.98. The Labute approximate surface area is 143 Å². The summed E-state index contributed by atoms with van der Waals surface area (Å²) < 4.78 is 22.0. The molecule has 0 saturated carbocycles. The Morgan fingerprint density at radius 2 is 2.32 bits per heavy atom. The summed E-state index contributed by atoms with van der Waals surface area (Å²) >= 11 is 0. The minimum absolute atomic E-state index is 0.268. The molecule has 0 spiro atoms. The van der Waals surface area contributed by atoms with Gasteiger partial charge in [-0.3, -0.25) is 4.79 Å². The van der Waals surface area contributed by atoms with Crippen molar-refractivity contribution in [1.29, 1.82) is 0 Å². The molecule has 1 fully saturated rings. The van der Waals surface area contributed by atoms with E-state index >= 15 is 4.39 Å². The molecule has 0 aromatic carbocycles. The first-order valence-electron chi connectivity index (χ1n) is 7.70. The number of hydrogen-bond donors (Lipinski definition) is 3. The number of hydrogen-bond acceptors (Lipinski definition) is 6. The van der Waals surface area contributed by atoms with Crippen LogP contribution in [0.4, 0.5) is 10.2 Å². The molecular formula is C16H19FN4O4. The number of carbonyl (C=O) groups is 1. The average molecular weight is 350 g/mol. The lowest BCUT2D eigenvalue weighted by Gasteiger charge is -2.25. The van der Waals surface area contributed by atoms with Crippen LogP contribution in [-0.4, -0.2) is 55.1 Å². The zero-order valence-electron chi connectivity index (χ0n) is 13.8. The number of amides is 1. The summed E-state index contributed by atoms with van der Waals surface area (Å²) in [4.78, 5) is 19.6. The van der Waals surface area contributed by atoms with Crippen LogP contribution in [0.25, 0.3) is 17.1 Å². The van der Waals surface area contributed by atoms with Gasteiger partial charge in [-0.15, -0.1) is 0 Å². The van der Waals surface area contributed by atoms with Crippen LogP contribution < -0.4 is 5.32 Å². The largest absolute Gasteiger partial charge is 0.394 e. The van der Waals surface area contributed by atoms with E-state index in [0.29, 0.717) is 16.6 Å². The fraction of sp³-hybridized carbons (Fsp3) is 0.438. The van der Waals surface area contributed by atoms with Gasteiger partial charge in [0.2, 0.25) is 5.91 Å². The van der Waals surface area contributed by atoms with Crippen LogP contribution in [0.3, 0.4) is 0 Å². The number of aromatic nitrogens is 3. The molecule has 2 unspecified atom stereocenters. The predicted octanol–water partition coefficient (Wildman–Crippen LogP) is 1.01. The Balaban J connectivity index is 2.18. The Bertz CT molecular complexity index is 835. The second kappa shape index (κ2) is 6.17. The van der Waals surface area contributed by atoms with Gasteiger partial charge in [0.15, 0.2) is 11.9 Å². The molecule has 1 amide bonds. The molecule has 2 aromatic rings. The van der Waals surface area contributed by atoms with E-state index in [1.54, 1.807) is 6.20 Å². The van der Waals surface area contributed by atoms with Crippen LogP contribution >= 0.6 is 0 Å². The second-order valence-electron chi connectivity index (χ2n) is 6.10. The number of aliphatic hydroxyl groups excluding tert-OH is 2. The Kier molecular flexibility index (Phi) is 4.31. The zero-order valence-corrected chi connectivity index (χ0v) is 13.8. The van der Waals surface area contributed by atoms with Gasteiger partial charge in [-0.2, -0.15) is 0 Å². The Morgan fingerprint density at radius 3 is 2.88 bits per heavy atom. The van der Waals surface area contributed by atoms with E-state index in [9.17, 15) is 15.0 Å². The number of nitrogens with one attached hydrogen (secondary N) is 1. The molecule has 3 rings (SSSR count). The average Bonchev–Trinajstić information content (AvgIpc) is 3.04. The molecule has 0 bridgehead atoms. The van der Waals surface area contributed by atoms with Crippen molar-refractivity contribution in [1.82, 2.24) is 14.5 Å². The van der Waals surface area contributed by atoms with Crippen LogP contribution in [0, 0.1) is 0 Å². The van der Waals surface area contributed by atoms with Crippen molar-refractivity contribution in [2.45, 2.75) is 38.0 Å². The third-order valence-corrected chi connectivity index (χ3v) is 4.30. The molecule has 1 saturated heterocycles. The predicted molar refractivity (Wildman–Crippen MR) is 88.4 cm³/mol. The smallest absolute Gasteiger partial charge is 0.222 e. The standard InChI is InChI=1S/C16H19FN4O4/c1-4-9-5-21(15-16(3,17)12(24)10(6-22)25-15)14-11(9)13(18-7-19-14)20-8(2)23/h4-5,7,10,12,15,22,24H,1,6H2,2-3H3,(H,18,19,20,23)/t10?,12?,15-,16-/m1/s1. The number of nitrogens with zero attached hydrogens (tertiary/aromatic N) is 3. The summed E-state index contributed by atoms with van der Waals surface area (Å²) in [5.41, 5.74) is -1.27. The highest BCUT2D eigenvalue weighted by molar-refractivity contribution is 6.01. The highest BCUT2D eigenvalue weighted by atomic mass is 19.1. The molecule has 25 heavy (non-hydrogen) atoms. The van der Waals surface area contributed by atoms with Crippen molar-refractivity contribution in [3.63, 3.8) is 0 Å². The van der Waals surface area contributed by atoms with Crippen molar-refractivity contribution >= 4 is 28.8 Å². The molecule has 9 heteroatoms. The molecule has 8 nitrogen and oxygen atoms in total. The van der Waals surface area contributed by atoms with Gasteiger partial charge in [0.05, 0.1) is 12.0 Å². The number of ether oxygens (including phenoxy) is 1. The molecule has 1 aliphatic heterocycles. The minimum Gasteiger partial charge on any atom is -0.394 e. The van der Waals surface area contributed by atoms with E-state index < -0.39 is 30.7 Å². The van der Waals surface area contributed by atoms with E-state index in [2.05, 4.69) is 21.9 Å². The molecule has 0 radical (unpaired) electrons. The normalized spacial score (nSPS) is 29.1. The summed E-state index contributed by atoms with van der Waals surface area (Å²) in [6, 6.07) is 0. The Morgan fingerprint density at radius 1 is 1.60 bits per heavy atom. The molecule has 134 valence electrons. The topological polar surface area (TPSA) is 110 Å². The maximum absolute atomic E-state index is 15.1. The minimum atomic E-state index is -2.16. The van der Waals surface area contributed by atoms with Crippen LogP contribution in [-0.2, 0) is 9.53 Å². The van der Waals surface area contributed by atoms with E-state index in [-0.39, 0.29) is 11.7 Å². The first-order valence-corrected chi connectivity index (χ1v) is 7.70. The van der Waals surface area contributed by atoms with Crippen LogP contribution in [0.5, 0.6) is 0 Å². The van der Waals surface area contributed by atoms with Gasteiger partial charge in [0.25, 0.3) is 0 Å². The van der Waals surface area contributed by atoms with Gasteiger partial charge in [-0.25, -0.2) is 14.4 Å². The lowest BCUT2D eigenvalue weighted by molar-refractivity contribution is -0.114. The number of alkyl halides is 1. The first-order chi connectivity index (χ1) is 11.8. The lowest BCUT2D eigenvalue weighted by Crippen LogP contribution is -2.40. The summed E-state index contributed by atoms with van der Waals surface area (Å²) in [6.07, 6.45) is 0.563. The number of aliphatic hydroxyl groups is 2. The van der Waals surface area contributed by atoms with Crippen molar-refractivity contribution < 1.29 is 24.1 Å². The molecule has 3 heterocycles. The highest BCUT2D eigenvalue weighted by Gasteiger charge is 2.55. The van der Waals surface area contributed by atoms with Gasteiger partial charge < -0.3 is 24.8 Å². The van der Waals surface area contributed by atoms with Crippen LogP contribution in [0.15, 0.2) is 19.1 Å². The second-order valence-corrected chi connectivity index (χ2v) is 6.10. The monoisotopic (exact) mass is 350 g/mol. The molecule has 0 aliphatic carbocycles. The zero-order chi connectivity index (χ0) is 18.4. The van der Waals surface area contributed by atoms with Crippen molar-refractivity contribution in [2.24, 2.45) is 0 Å². The maximum Gasteiger partial charge on any atom is 0.222 e. The van der Waals surface area contributed by atoms with E-state index in [1.165, 1.54) is 30.8 Å². The van der Waals surface area contributed by atoms with E-state index in [0.717, 1.165) is 0 Å². The number of carbonyl (C=O) groups excluding carboxylic acids is 1. The number of anilines is 1. The van der Waals surface area contributed by atoms with Crippen LogP contribution in [0.1, 0.15) is 25.6 Å². The van der Waals surface area contributed by atoms with Crippen molar-refractivity contribution in [3.05, 3.63) is 24.7 Å². The third-order valence-electron chi connectivity index (χ3n) is 4.30. The molecular weight excluding hydrogens is 331 g/mol. The van der Waals surface area contributed by atoms with E-state index in [4.69, 9.17) is 4.74 Å². The first kappa shape index (κ1) is 17.5. The fourth-order valence-electron chi connectivity index (χ4n) is 3.07. The quantitative estimate of drug-likeness (QED) is 0.759. The number of fused-ring (bicyclic) bond motifs is 1. The summed E-state index contributed by atoms with van der Waals surface area (Å²) in [5.74, 6) is -0.0464. The SMILES string of the molecule is C=Cc1cn([C@@H]2OC(CO)C(O)[C@@]2(C)F)c2ncnc(NC(C)=O)c12. The number of rotatable bonds is 4. The van der Waals surface area contributed by atoms with Gasteiger partial charge in [-0.05, 0) is 6.92 Å². The maximum atomic E-state index is 15.1. The summed E-state index contributed by atoms with van der Waals surface area (Å²) in [6.45, 7) is 5.75. The fourth-order valence-corrected chi connectivity index (χ4v) is 3.07. The molecule has 2 aromatic heterocycles. The van der Waals surface area contributed by atoms with Gasteiger partial charge in [-0.1, -0.05) is 12.7 Å². The molecule has 4 atom stereocenters. The van der Waals surface area contributed by atoms with Crippen LogP contribution in [0.2, 0.25) is 0 Å². The molecule has 1 aliphatic rings. The highest BCUT2D eigenvalue weighted by Crippen LogP contribution is 2.43. The van der Waals surface area contributed by atoms with Crippen molar-refractivity contribution in [2.75, 3.05) is 11.9 Å². The summed E-state index contributed by atoms with van der Waals surface area (Å²) in [7, 11) is 0. The molecule has 3 N–H and O–H groups in total. The Hall–Kier alpha value is -2.36. The van der Waals surface area contributed by atoms with E-state index in [1.807, 2.05) is 0 Å². The number of halogens is 1. The third kappa shape index (κ3) is 2.70. The van der Waals surface area contributed by atoms with Gasteiger partial charge in [0.1, 0.15) is 30.0 Å². The van der Waals surface area contributed by atoms with Gasteiger partial charge >= 0.3 is 0 Å². The van der Waals surface area contributed by atoms with Crippen molar-refractivity contribution in [3.8, 4) is 0 Å².